The van der Waals surface area contributed by atoms with Crippen LogP contribution in [0.1, 0.15) is 31.2 Å². The second-order valence-corrected chi connectivity index (χ2v) is 5.90. The second kappa shape index (κ2) is 5.41. The lowest BCUT2D eigenvalue weighted by molar-refractivity contribution is 0.101. The van der Waals surface area contributed by atoms with Gasteiger partial charge >= 0.3 is 0 Å². The predicted molar refractivity (Wildman–Crippen MR) is 75.9 cm³/mol. The van der Waals surface area contributed by atoms with Gasteiger partial charge in [0.25, 0.3) is 0 Å². The van der Waals surface area contributed by atoms with Gasteiger partial charge in [-0.05, 0) is 30.9 Å². The Morgan fingerprint density at radius 1 is 1.17 bits per heavy atom. The first kappa shape index (κ1) is 12.2. The minimum absolute atomic E-state index is 0.652. The van der Waals surface area contributed by atoms with E-state index in [0.717, 1.165) is 6.04 Å². The number of hydrogen-bond donors (Lipinski definition) is 0. The van der Waals surface area contributed by atoms with Gasteiger partial charge in [0.15, 0.2) is 0 Å². The summed E-state index contributed by atoms with van der Waals surface area (Å²) in [6.45, 7) is 8.74. The molecule has 98 valence electrons. The molecule has 0 saturated carbocycles. The molecule has 2 heteroatoms. The monoisotopic (exact) mass is 244 g/mol. The average molecular weight is 244 g/mol. The molecule has 1 aromatic carbocycles. The molecule has 0 radical (unpaired) electrons. The summed E-state index contributed by atoms with van der Waals surface area (Å²) >= 11 is 0. The third-order valence-corrected chi connectivity index (χ3v) is 4.57. The molecule has 2 unspecified atom stereocenters. The zero-order chi connectivity index (χ0) is 12.4. The van der Waals surface area contributed by atoms with Crippen molar-refractivity contribution in [3.8, 4) is 0 Å². The van der Waals surface area contributed by atoms with Crippen molar-refractivity contribution >= 4 is 0 Å². The zero-order valence-corrected chi connectivity index (χ0v) is 11.4. The van der Waals surface area contributed by atoms with Crippen molar-refractivity contribution < 1.29 is 0 Å². The van der Waals surface area contributed by atoms with Crippen LogP contribution in [-0.2, 0) is 0 Å². The molecule has 0 spiro atoms. The van der Waals surface area contributed by atoms with Crippen LogP contribution in [0.2, 0.25) is 0 Å². The van der Waals surface area contributed by atoms with Crippen molar-refractivity contribution in [3.05, 3.63) is 35.9 Å². The van der Waals surface area contributed by atoms with E-state index >= 15 is 0 Å². The minimum Gasteiger partial charge on any atom is -0.300 e. The van der Waals surface area contributed by atoms with Crippen LogP contribution in [-0.4, -0.2) is 48.6 Å². The van der Waals surface area contributed by atoms with Gasteiger partial charge in [-0.1, -0.05) is 37.3 Å². The summed E-state index contributed by atoms with van der Waals surface area (Å²) in [5.74, 6) is 0.652. The number of nitrogens with zero attached hydrogens (tertiary/aromatic N) is 2. The highest BCUT2D eigenvalue weighted by Crippen LogP contribution is 2.23. The molecule has 2 fully saturated rings. The van der Waals surface area contributed by atoms with Crippen LogP contribution in [0.4, 0.5) is 0 Å². The largest absolute Gasteiger partial charge is 0.300 e. The second-order valence-electron chi connectivity index (χ2n) is 5.90. The minimum atomic E-state index is 0.652. The van der Waals surface area contributed by atoms with Crippen molar-refractivity contribution in [1.82, 2.24) is 9.80 Å². The van der Waals surface area contributed by atoms with Gasteiger partial charge in [-0.15, -0.1) is 0 Å². The maximum absolute atomic E-state index is 2.68. The van der Waals surface area contributed by atoms with Crippen LogP contribution in [0.15, 0.2) is 30.3 Å². The molecule has 18 heavy (non-hydrogen) atoms. The number of hydrogen-bond acceptors (Lipinski definition) is 2. The van der Waals surface area contributed by atoms with E-state index in [1.165, 1.54) is 51.1 Å². The molecule has 0 N–H and O–H groups in total. The molecule has 0 bridgehead atoms. The van der Waals surface area contributed by atoms with Crippen LogP contribution < -0.4 is 0 Å². The van der Waals surface area contributed by atoms with E-state index in [9.17, 15) is 0 Å². The Morgan fingerprint density at radius 2 is 2.00 bits per heavy atom. The van der Waals surface area contributed by atoms with E-state index in [0.29, 0.717) is 5.92 Å². The maximum atomic E-state index is 2.68. The summed E-state index contributed by atoms with van der Waals surface area (Å²) in [4.78, 5) is 5.35. The summed E-state index contributed by atoms with van der Waals surface area (Å²) in [5.41, 5.74) is 1.48. The fraction of sp³-hybridized carbons (Fsp3) is 0.625. The molecule has 0 aromatic heterocycles. The molecule has 2 heterocycles. The molecule has 2 aliphatic heterocycles. The summed E-state index contributed by atoms with van der Waals surface area (Å²) in [5, 5.41) is 0. The van der Waals surface area contributed by atoms with Crippen molar-refractivity contribution in [1.29, 1.82) is 0 Å². The van der Waals surface area contributed by atoms with Gasteiger partial charge in [0.1, 0.15) is 0 Å². The van der Waals surface area contributed by atoms with Crippen molar-refractivity contribution in [2.24, 2.45) is 0 Å². The quantitative estimate of drug-likeness (QED) is 0.806. The molecule has 2 nitrogen and oxygen atoms in total. The lowest BCUT2D eigenvalue weighted by Crippen LogP contribution is -2.50. The Morgan fingerprint density at radius 3 is 2.83 bits per heavy atom. The summed E-state index contributed by atoms with van der Waals surface area (Å²) < 4.78 is 0. The van der Waals surface area contributed by atoms with E-state index in [4.69, 9.17) is 0 Å². The summed E-state index contributed by atoms with van der Waals surface area (Å²) in [7, 11) is 0. The van der Waals surface area contributed by atoms with Gasteiger partial charge in [-0.3, -0.25) is 9.80 Å². The summed E-state index contributed by atoms with van der Waals surface area (Å²) in [6.07, 6.45) is 2.82. The fourth-order valence-corrected chi connectivity index (χ4v) is 3.50. The third-order valence-electron chi connectivity index (χ3n) is 4.57. The van der Waals surface area contributed by atoms with Gasteiger partial charge < -0.3 is 0 Å². The first-order valence-corrected chi connectivity index (χ1v) is 7.34. The molecule has 0 amide bonds. The highest BCUT2D eigenvalue weighted by Gasteiger charge is 2.30. The van der Waals surface area contributed by atoms with Crippen LogP contribution in [0.5, 0.6) is 0 Å². The van der Waals surface area contributed by atoms with E-state index in [1.54, 1.807) is 0 Å². The highest BCUT2D eigenvalue weighted by molar-refractivity contribution is 5.19. The SMILES string of the molecule is CC(CN1CCN2CCCC2C1)c1ccccc1. The average Bonchev–Trinajstić information content (AvgIpc) is 2.87. The van der Waals surface area contributed by atoms with E-state index in [1.807, 2.05) is 0 Å². The van der Waals surface area contributed by atoms with E-state index < -0.39 is 0 Å². The van der Waals surface area contributed by atoms with Gasteiger partial charge in [0, 0.05) is 32.2 Å². The molecule has 3 rings (SSSR count). The molecule has 0 aliphatic carbocycles. The van der Waals surface area contributed by atoms with E-state index in [-0.39, 0.29) is 0 Å². The normalized spacial score (nSPS) is 27.1. The van der Waals surface area contributed by atoms with Gasteiger partial charge in [-0.25, -0.2) is 0 Å². The first-order chi connectivity index (χ1) is 8.83. The van der Waals surface area contributed by atoms with Crippen LogP contribution in [0.3, 0.4) is 0 Å². The Bertz CT molecular complexity index is 376. The highest BCUT2D eigenvalue weighted by atomic mass is 15.3. The molecular formula is C16H24N2. The van der Waals surface area contributed by atoms with Crippen molar-refractivity contribution in [3.63, 3.8) is 0 Å². The van der Waals surface area contributed by atoms with Crippen LogP contribution >= 0.6 is 0 Å². The maximum Gasteiger partial charge on any atom is 0.0224 e. The smallest absolute Gasteiger partial charge is 0.0224 e. The Balaban J connectivity index is 1.57. The van der Waals surface area contributed by atoms with Gasteiger partial charge in [-0.2, -0.15) is 0 Å². The number of fused-ring (bicyclic) bond motifs is 1. The number of piperazine rings is 1. The zero-order valence-electron chi connectivity index (χ0n) is 11.4. The first-order valence-electron chi connectivity index (χ1n) is 7.34. The molecule has 2 saturated heterocycles. The van der Waals surface area contributed by atoms with Crippen LogP contribution in [0, 0.1) is 0 Å². The third kappa shape index (κ3) is 2.60. The molecule has 1 aromatic rings. The van der Waals surface area contributed by atoms with Crippen molar-refractivity contribution in [2.45, 2.75) is 31.7 Å². The van der Waals surface area contributed by atoms with Crippen molar-refractivity contribution in [2.75, 3.05) is 32.7 Å². The molecule has 2 aliphatic rings. The molecular weight excluding hydrogens is 220 g/mol. The Labute approximate surface area is 111 Å². The topological polar surface area (TPSA) is 6.48 Å². The number of rotatable bonds is 3. The summed E-state index contributed by atoms with van der Waals surface area (Å²) in [6, 6.07) is 11.8. The lowest BCUT2D eigenvalue weighted by atomic mass is 10.00. The Hall–Kier alpha value is -0.860. The molecule has 2 atom stereocenters. The number of benzene rings is 1. The van der Waals surface area contributed by atoms with Gasteiger partial charge in [0.2, 0.25) is 0 Å². The predicted octanol–water partition coefficient (Wildman–Crippen LogP) is 2.57. The van der Waals surface area contributed by atoms with Gasteiger partial charge in [0.05, 0.1) is 0 Å². The fourth-order valence-electron chi connectivity index (χ4n) is 3.50. The van der Waals surface area contributed by atoms with E-state index in [2.05, 4.69) is 47.1 Å². The lowest BCUT2D eigenvalue weighted by Gasteiger charge is -2.38. The van der Waals surface area contributed by atoms with Crippen LogP contribution in [0.25, 0.3) is 0 Å². The standard InChI is InChI=1S/C16H24N2/c1-14(15-6-3-2-4-7-15)12-17-10-11-18-9-5-8-16(18)13-17/h2-4,6-7,14,16H,5,8-13H2,1H3. The Kier molecular flexibility index (Phi) is 3.67.